The van der Waals surface area contributed by atoms with Crippen LogP contribution < -0.4 is 27.6 Å². The molecule has 5 unspecified atom stereocenters. The Balaban J connectivity index is 1.82. The molecule has 2 heterocycles. The van der Waals surface area contributed by atoms with E-state index in [2.05, 4.69) is 4.98 Å². The van der Waals surface area contributed by atoms with E-state index in [0.29, 0.717) is 12.8 Å². The molecule has 3 aliphatic rings. The lowest BCUT2D eigenvalue weighted by Gasteiger charge is -2.33. The van der Waals surface area contributed by atoms with Gasteiger partial charge in [0.2, 0.25) is 0 Å². The zero-order valence-corrected chi connectivity index (χ0v) is 16.0. The van der Waals surface area contributed by atoms with E-state index >= 15 is 4.39 Å². The molecule has 5 atom stereocenters. The molecule has 0 spiro atoms. The van der Waals surface area contributed by atoms with Crippen LogP contribution in [0.4, 0.5) is 22.0 Å². The number of hydrogen-bond donors (Lipinski definition) is 2. The number of ether oxygens (including phenoxy) is 1. The summed E-state index contributed by atoms with van der Waals surface area (Å²) in [6.07, 6.45) is -6.21. The molecule has 1 aliphatic heterocycles. The number of hydrogen-bond acceptors (Lipinski definition) is 5. The molecular weight excluding hydrogens is 415 g/mol. The number of nitrogens with one attached hydrogen (secondary N) is 1. The third-order valence-electron chi connectivity index (χ3n) is 5.99. The SMILES string of the molecule is COC1=c2c(c(=O)[nH]c(=O)n2C2CC2)=CC(F)C1N1CC(F)C(C(N)C(F)(F)F)C1. The Kier molecular flexibility index (Phi) is 5.04. The standard InChI is InChI=1S/C18H21F5N4O3/c1-30-14-12-8(16(28)25-17(29)27(12)7-2-3-7)4-10(19)13(14)26-5-9(11(20)6-26)15(24)18(21,22)23/h4,7,9-11,13,15H,2-3,5-6,24H2,1H3,(H,25,28,29). The van der Waals surface area contributed by atoms with Gasteiger partial charge in [-0.2, -0.15) is 13.2 Å². The number of methoxy groups -OCH3 is 1. The first-order chi connectivity index (χ1) is 14.0. The first-order valence-electron chi connectivity index (χ1n) is 9.54. The Bertz CT molecular complexity index is 1080. The third kappa shape index (κ3) is 3.35. The van der Waals surface area contributed by atoms with Crippen LogP contribution in [0.3, 0.4) is 0 Å². The fourth-order valence-corrected chi connectivity index (χ4v) is 4.40. The van der Waals surface area contributed by atoms with Gasteiger partial charge in [0.25, 0.3) is 5.56 Å². The lowest BCUT2D eigenvalue weighted by molar-refractivity contribution is -0.161. The fraction of sp³-hybridized carbons (Fsp3) is 0.667. The molecule has 166 valence electrons. The minimum absolute atomic E-state index is 0.0801. The number of alkyl halides is 5. The minimum atomic E-state index is -4.79. The van der Waals surface area contributed by atoms with Crippen LogP contribution in [0.25, 0.3) is 11.8 Å². The van der Waals surface area contributed by atoms with Crippen molar-refractivity contribution in [1.82, 2.24) is 14.5 Å². The summed E-state index contributed by atoms with van der Waals surface area (Å²) in [5, 5.41) is 0.00765. The van der Waals surface area contributed by atoms with E-state index in [-0.39, 0.29) is 22.4 Å². The quantitative estimate of drug-likeness (QED) is 0.609. The molecule has 12 heteroatoms. The van der Waals surface area contributed by atoms with Crippen molar-refractivity contribution >= 4 is 11.8 Å². The van der Waals surface area contributed by atoms with Gasteiger partial charge in [-0.05, 0) is 18.9 Å². The van der Waals surface area contributed by atoms with Crippen molar-refractivity contribution in [2.45, 2.75) is 49.5 Å². The van der Waals surface area contributed by atoms with Crippen molar-refractivity contribution in [2.24, 2.45) is 11.7 Å². The van der Waals surface area contributed by atoms with Gasteiger partial charge in [-0.15, -0.1) is 0 Å². The maximum absolute atomic E-state index is 15.1. The highest BCUT2D eigenvalue weighted by Crippen LogP contribution is 2.35. The molecule has 1 aromatic heterocycles. The largest absolute Gasteiger partial charge is 0.497 e. The third-order valence-corrected chi connectivity index (χ3v) is 5.99. The molecule has 1 saturated carbocycles. The van der Waals surface area contributed by atoms with E-state index in [0.717, 1.165) is 6.08 Å². The highest BCUT2D eigenvalue weighted by molar-refractivity contribution is 5.53. The Labute approximate surface area is 166 Å². The van der Waals surface area contributed by atoms with Crippen LogP contribution in [0.2, 0.25) is 0 Å². The summed E-state index contributed by atoms with van der Waals surface area (Å²) in [5.41, 5.74) is 3.74. The average Bonchev–Trinajstić information content (AvgIpc) is 3.41. The average molecular weight is 436 g/mol. The van der Waals surface area contributed by atoms with Crippen molar-refractivity contribution in [3.05, 3.63) is 31.4 Å². The first kappa shape index (κ1) is 21.0. The van der Waals surface area contributed by atoms with Crippen molar-refractivity contribution in [2.75, 3.05) is 20.2 Å². The molecule has 1 aromatic rings. The van der Waals surface area contributed by atoms with Gasteiger partial charge in [-0.25, -0.2) is 13.6 Å². The van der Waals surface area contributed by atoms with E-state index in [1.54, 1.807) is 0 Å². The number of halogens is 5. The summed E-state index contributed by atoms with van der Waals surface area (Å²) < 4.78 is 75.3. The fourth-order valence-electron chi connectivity index (χ4n) is 4.40. The number of aromatic nitrogens is 2. The van der Waals surface area contributed by atoms with Crippen LogP contribution in [-0.4, -0.2) is 65.3 Å². The normalized spacial score (nSPS) is 30.7. The monoisotopic (exact) mass is 436 g/mol. The van der Waals surface area contributed by atoms with Gasteiger partial charge >= 0.3 is 11.9 Å². The summed E-state index contributed by atoms with van der Waals surface area (Å²) in [6, 6.07) is -3.87. The molecule has 2 fully saturated rings. The zero-order valence-electron chi connectivity index (χ0n) is 16.0. The second-order valence-corrected chi connectivity index (χ2v) is 7.95. The molecule has 0 radical (unpaired) electrons. The highest BCUT2D eigenvalue weighted by Gasteiger charge is 2.51. The smallest absolute Gasteiger partial charge is 0.404 e. The topological polar surface area (TPSA) is 93.3 Å². The summed E-state index contributed by atoms with van der Waals surface area (Å²) in [5.74, 6) is -1.65. The van der Waals surface area contributed by atoms with Gasteiger partial charge in [0.1, 0.15) is 30.2 Å². The molecule has 3 N–H and O–H groups in total. The van der Waals surface area contributed by atoms with Crippen LogP contribution in [-0.2, 0) is 4.74 Å². The van der Waals surface area contributed by atoms with E-state index in [9.17, 15) is 27.2 Å². The lowest BCUT2D eigenvalue weighted by atomic mass is 9.97. The maximum Gasteiger partial charge on any atom is 0.404 e. The van der Waals surface area contributed by atoms with Crippen LogP contribution in [0, 0.1) is 5.92 Å². The predicted octanol–water partition coefficient (Wildman–Crippen LogP) is -0.714. The number of likely N-dealkylation sites (tertiary alicyclic amines) is 1. The van der Waals surface area contributed by atoms with Gasteiger partial charge in [-0.1, -0.05) is 0 Å². The van der Waals surface area contributed by atoms with Crippen molar-refractivity contribution in [1.29, 1.82) is 0 Å². The number of nitrogens with zero attached hydrogens (tertiary/aromatic N) is 2. The minimum Gasteiger partial charge on any atom is -0.497 e. The van der Waals surface area contributed by atoms with Gasteiger partial charge < -0.3 is 10.5 Å². The number of H-pyrrole nitrogens is 1. The summed E-state index contributed by atoms with van der Waals surface area (Å²) >= 11 is 0. The van der Waals surface area contributed by atoms with E-state index in [4.69, 9.17) is 10.5 Å². The molecule has 1 saturated heterocycles. The van der Waals surface area contributed by atoms with Crippen LogP contribution in [0.5, 0.6) is 0 Å². The Morgan fingerprint density at radius 2 is 1.90 bits per heavy atom. The van der Waals surface area contributed by atoms with Crippen LogP contribution >= 0.6 is 0 Å². The number of nitrogens with two attached hydrogens (primary N) is 1. The molecule has 4 rings (SSSR count). The molecular formula is C18H21F5N4O3. The number of fused-ring (bicyclic) bond motifs is 1. The second kappa shape index (κ2) is 7.19. The van der Waals surface area contributed by atoms with Crippen molar-refractivity contribution in [3.8, 4) is 0 Å². The molecule has 0 bridgehead atoms. The molecule has 30 heavy (non-hydrogen) atoms. The Morgan fingerprint density at radius 1 is 1.23 bits per heavy atom. The van der Waals surface area contributed by atoms with E-state index < -0.39 is 60.9 Å². The maximum atomic E-state index is 15.1. The first-order valence-corrected chi connectivity index (χ1v) is 9.54. The molecule has 2 aliphatic carbocycles. The van der Waals surface area contributed by atoms with Crippen molar-refractivity contribution in [3.63, 3.8) is 0 Å². The predicted molar refractivity (Wildman–Crippen MR) is 96.4 cm³/mol. The Hall–Kier alpha value is -2.21. The molecule has 0 aromatic carbocycles. The lowest BCUT2D eigenvalue weighted by Crippen LogP contribution is -2.60. The van der Waals surface area contributed by atoms with Crippen LogP contribution in [0.1, 0.15) is 18.9 Å². The van der Waals surface area contributed by atoms with Gasteiger partial charge in [0.05, 0.1) is 17.7 Å². The molecule has 7 nitrogen and oxygen atoms in total. The van der Waals surface area contributed by atoms with E-state index in [1.807, 2.05) is 0 Å². The zero-order chi connectivity index (χ0) is 22.0. The second-order valence-electron chi connectivity index (χ2n) is 7.95. The van der Waals surface area contributed by atoms with Crippen molar-refractivity contribution < 1.29 is 26.7 Å². The summed E-state index contributed by atoms with van der Waals surface area (Å²) in [4.78, 5) is 28.0. The van der Waals surface area contributed by atoms with Crippen LogP contribution in [0.15, 0.2) is 9.59 Å². The Morgan fingerprint density at radius 3 is 2.47 bits per heavy atom. The van der Waals surface area contributed by atoms with Gasteiger partial charge in [0, 0.05) is 25.0 Å². The summed E-state index contributed by atoms with van der Waals surface area (Å²) in [7, 11) is 1.22. The van der Waals surface area contributed by atoms with Gasteiger partial charge in [-0.3, -0.25) is 19.2 Å². The highest BCUT2D eigenvalue weighted by atomic mass is 19.4. The van der Waals surface area contributed by atoms with E-state index in [1.165, 1.54) is 16.6 Å². The summed E-state index contributed by atoms with van der Waals surface area (Å²) in [6.45, 7) is -0.924. The molecule has 0 amide bonds. The van der Waals surface area contributed by atoms with Gasteiger partial charge in [0.15, 0.2) is 0 Å². The number of rotatable bonds is 4. The number of aromatic amines is 1.